The summed E-state index contributed by atoms with van der Waals surface area (Å²) in [5.74, 6) is 0.448. The fourth-order valence-electron chi connectivity index (χ4n) is 5.35. The van der Waals surface area contributed by atoms with Gasteiger partial charge in [-0.1, -0.05) is 66.7 Å². The highest BCUT2D eigenvalue weighted by atomic mass is 16.6. The van der Waals surface area contributed by atoms with E-state index in [4.69, 9.17) is 9.47 Å². The highest BCUT2D eigenvalue weighted by Crippen LogP contribution is 2.55. The molecule has 0 spiro atoms. The van der Waals surface area contributed by atoms with Crippen molar-refractivity contribution in [2.24, 2.45) is 0 Å². The Balaban J connectivity index is 1.51. The summed E-state index contributed by atoms with van der Waals surface area (Å²) in [5.41, 5.74) is 1.68. The third-order valence-electron chi connectivity index (χ3n) is 6.74. The SMILES string of the molecule is CC1=C[C@@H]2OC(=O)N(c3ccccc3)[C@@H]2N2C(=O)[C@@H](Oc3ccccc3)[C@]12c1ccccc1. The van der Waals surface area contributed by atoms with Gasteiger partial charge in [-0.2, -0.15) is 0 Å². The second-order valence-corrected chi connectivity index (χ2v) is 8.47. The highest BCUT2D eigenvalue weighted by Gasteiger charge is 2.71. The van der Waals surface area contributed by atoms with Crippen molar-refractivity contribution in [3.8, 4) is 5.75 Å². The number of rotatable bonds is 4. The summed E-state index contributed by atoms with van der Waals surface area (Å²) < 4.78 is 12.0. The quantitative estimate of drug-likeness (QED) is 0.445. The fraction of sp³-hybridized carbons (Fsp3) is 0.185. The molecule has 0 N–H and O–H groups in total. The van der Waals surface area contributed by atoms with Crippen molar-refractivity contribution in [2.75, 3.05) is 4.90 Å². The van der Waals surface area contributed by atoms with Crippen LogP contribution in [0, 0.1) is 0 Å². The zero-order chi connectivity index (χ0) is 22.6. The summed E-state index contributed by atoms with van der Waals surface area (Å²) in [4.78, 5) is 30.0. The molecule has 0 aromatic heterocycles. The molecular formula is C27H22N2O4. The molecule has 3 aliphatic rings. The molecular weight excluding hydrogens is 416 g/mol. The van der Waals surface area contributed by atoms with Gasteiger partial charge >= 0.3 is 6.09 Å². The fourth-order valence-corrected chi connectivity index (χ4v) is 5.35. The van der Waals surface area contributed by atoms with Gasteiger partial charge in [0, 0.05) is 5.69 Å². The molecule has 2 fully saturated rings. The van der Waals surface area contributed by atoms with Crippen LogP contribution in [0.5, 0.6) is 5.75 Å². The first-order chi connectivity index (χ1) is 16.1. The molecule has 0 radical (unpaired) electrons. The molecule has 6 nitrogen and oxygen atoms in total. The average molecular weight is 438 g/mol. The van der Waals surface area contributed by atoms with E-state index in [-0.39, 0.29) is 5.91 Å². The second kappa shape index (κ2) is 7.24. The Labute approximate surface area is 191 Å². The van der Waals surface area contributed by atoms with Crippen LogP contribution in [0.3, 0.4) is 0 Å². The molecule has 6 heteroatoms. The Morgan fingerprint density at radius 2 is 1.45 bits per heavy atom. The van der Waals surface area contributed by atoms with Gasteiger partial charge < -0.3 is 9.47 Å². The highest BCUT2D eigenvalue weighted by molar-refractivity contribution is 5.98. The molecule has 164 valence electrons. The molecule has 3 aromatic carbocycles. The Morgan fingerprint density at radius 3 is 2.12 bits per heavy atom. The zero-order valence-corrected chi connectivity index (χ0v) is 18.0. The largest absolute Gasteiger partial charge is 0.477 e. The normalized spacial score (nSPS) is 27.8. The van der Waals surface area contributed by atoms with Gasteiger partial charge in [0.25, 0.3) is 5.91 Å². The summed E-state index contributed by atoms with van der Waals surface area (Å²) in [6.45, 7) is 1.98. The lowest BCUT2D eigenvalue weighted by Crippen LogP contribution is -2.80. The number of fused-ring (bicyclic) bond motifs is 3. The first-order valence-electron chi connectivity index (χ1n) is 11.0. The van der Waals surface area contributed by atoms with Gasteiger partial charge in [0.1, 0.15) is 11.3 Å². The lowest BCUT2D eigenvalue weighted by Gasteiger charge is -2.62. The van der Waals surface area contributed by atoms with E-state index >= 15 is 0 Å². The molecule has 4 atom stereocenters. The van der Waals surface area contributed by atoms with Crippen LogP contribution in [-0.4, -0.2) is 35.3 Å². The van der Waals surface area contributed by atoms with Crippen molar-refractivity contribution in [3.05, 3.63) is 108 Å². The molecule has 3 aliphatic heterocycles. The summed E-state index contributed by atoms with van der Waals surface area (Å²) >= 11 is 0. The molecule has 0 saturated carbocycles. The predicted molar refractivity (Wildman–Crippen MR) is 123 cm³/mol. The van der Waals surface area contributed by atoms with Crippen LogP contribution < -0.4 is 9.64 Å². The van der Waals surface area contributed by atoms with E-state index in [0.717, 1.165) is 11.1 Å². The van der Waals surface area contributed by atoms with Crippen LogP contribution in [0.4, 0.5) is 10.5 Å². The number of amides is 2. The topological polar surface area (TPSA) is 59.1 Å². The Kier molecular flexibility index (Phi) is 4.30. The molecule has 0 aliphatic carbocycles. The van der Waals surface area contributed by atoms with E-state index in [1.54, 1.807) is 9.80 Å². The third kappa shape index (κ3) is 2.67. The molecule has 2 amide bonds. The minimum Gasteiger partial charge on any atom is -0.477 e. The summed E-state index contributed by atoms with van der Waals surface area (Å²) in [6.07, 6.45) is -0.428. The lowest BCUT2D eigenvalue weighted by atomic mass is 9.66. The Morgan fingerprint density at radius 1 is 0.848 bits per heavy atom. The minimum absolute atomic E-state index is 0.176. The maximum atomic E-state index is 13.7. The number of hydrogen-bond acceptors (Lipinski definition) is 4. The standard InChI is InChI=1S/C27H22N2O4/c1-18-17-22-24(28(26(31)33-22)20-13-7-3-8-14-20)29-25(30)23(32-21-15-9-4-10-16-21)27(18,29)19-11-5-2-6-12-19/h2-17,22-24H,1H3/t22-,23+,24+,27+/m0/s1. The van der Waals surface area contributed by atoms with Gasteiger partial charge in [0.15, 0.2) is 12.3 Å². The van der Waals surface area contributed by atoms with Crippen molar-refractivity contribution in [1.29, 1.82) is 0 Å². The van der Waals surface area contributed by atoms with E-state index < -0.39 is 30.0 Å². The van der Waals surface area contributed by atoms with E-state index in [1.165, 1.54) is 0 Å². The number of benzene rings is 3. The first-order valence-corrected chi connectivity index (χ1v) is 11.0. The van der Waals surface area contributed by atoms with Crippen molar-refractivity contribution in [3.63, 3.8) is 0 Å². The lowest BCUT2D eigenvalue weighted by molar-refractivity contribution is -0.188. The van der Waals surface area contributed by atoms with Crippen LogP contribution in [0.1, 0.15) is 12.5 Å². The second-order valence-electron chi connectivity index (χ2n) is 8.47. The first kappa shape index (κ1) is 19.6. The van der Waals surface area contributed by atoms with Crippen LogP contribution in [-0.2, 0) is 15.1 Å². The zero-order valence-electron chi connectivity index (χ0n) is 18.0. The number of anilines is 1. The summed E-state index contributed by atoms with van der Waals surface area (Å²) in [5, 5.41) is 0. The molecule has 0 unspecified atom stereocenters. The van der Waals surface area contributed by atoms with Crippen LogP contribution >= 0.6 is 0 Å². The van der Waals surface area contributed by atoms with E-state index in [0.29, 0.717) is 11.4 Å². The van der Waals surface area contributed by atoms with Crippen LogP contribution in [0.15, 0.2) is 103 Å². The van der Waals surface area contributed by atoms with Crippen molar-refractivity contribution in [1.82, 2.24) is 4.90 Å². The third-order valence-corrected chi connectivity index (χ3v) is 6.74. The maximum absolute atomic E-state index is 13.7. The minimum atomic E-state index is -0.851. The number of nitrogens with zero attached hydrogens (tertiary/aromatic N) is 2. The van der Waals surface area contributed by atoms with E-state index in [2.05, 4.69) is 0 Å². The van der Waals surface area contributed by atoms with Gasteiger partial charge in [0.2, 0.25) is 6.10 Å². The number of para-hydroxylation sites is 2. The number of carbonyl (C=O) groups is 2. The average Bonchev–Trinajstić information content (AvgIpc) is 3.17. The number of ether oxygens (including phenoxy) is 2. The van der Waals surface area contributed by atoms with E-state index in [9.17, 15) is 9.59 Å². The molecule has 3 aromatic rings. The van der Waals surface area contributed by atoms with Gasteiger partial charge in [-0.3, -0.25) is 14.6 Å². The number of β-lactam (4-membered cyclic amide) rings is 1. The molecule has 3 heterocycles. The smallest absolute Gasteiger partial charge is 0.416 e. The van der Waals surface area contributed by atoms with Gasteiger partial charge in [0.05, 0.1) is 0 Å². The Bertz CT molecular complexity index is 1240. The Hall–Kier alpha value is -4.06. The van der Waals surface area contributed by atoms with E-state index in [1.807, 2.05) is 104 Å². The van der Waals surface area contributed by atoms with Crippen molar-refractivity contribution in [2.45, 2.75) is 30.8 Å². The molecule has 0 bridgehead atoms. The van der Waals surface area contributed by atoms with Gasteiger partial charge in [-0.05, 0) is 48.4 Å². The monoisotopic (exact) mass is 438 g/mol. The predicted octanol–water partition coefficient (Wildman–Crippen LogP) is 4.48. The number of carbonyl (C=O) groups excluding carboxylic acids is 2. The van der Waals surface area contributed by atoms with Crippen LogP contribution in [0.25, 0.3) is 0 Å². The molecule has 2 saturated heterocycles. The molecule has 6 rings (SSSR count). The van der Waals surface area contributed by atoms with Crippen molar-refractivity contribution < 1.29 is 19.1 Å². The van der Waals surface area contributed by atoms with Crippen LogP contribution in [0.2, 0.25) is 0 Å². The summed E-state index contributed by atoms with van der Waals surface area (Å²) in [6, 6.07) is 28.5. The van der Waals surface area contributed by atoms with Gasteiger partial charge in [-0.25, -0.2) is 4.79 Å². The molecule has 33 heavy (non-hydrogen) atoms. The summed E-state index contributed by atoms with van der Waals surface area (Å²) in [7, 11) is 0. The number of hydrogen-bond donors (Lipinski definition) is 0. The van der Waals surface area contributed by atoms with Crippen molar-refractivity contribution >= 4 is 17.7 Å². The van der Waals surface area contributed by atoms with Gasteiger partial charge in [-0.15, -0.1) is 0 Å². The maximum Gasteiger partial charge on any atom is 0.416 e.